The fraction of sp³-hybridized carbons (Fsp3) is 0.480. The summed E-state index contributed by atoms with van der Waals surface area (Å²) >= 11 is 5.60. The summed E-state index contributed by atoms with van der Waals surface area (Å²) in [7, 11) is 0. The highest BCUT2D eigenvalue weighted by Crippen LogP contribution is 2.36. The molecule has 2 rings (SSSR count). The molecule has 36 heavy (non-hydrogen) atoms. The van der Waals surface area contributed by atoms with Crippen molar-refractivity contribution in [2.24, 2.45) is 0 Å². The lowest BCUT2D eigenvalue weighted by Gasteiger charge is -2.34. The number of halogens is 4. The molecule has 0 spiro atoms. The molecule has 1 fully saturated rings. The third-order valence-corrected chi connectivity index (χ3v) is 6.00. The van der Waals surface area contributed by atoms with Crippen molar-refractivity contribution in [1.82, 2.24) is 15.1 Å². The Bertz CT molecular complexity index is 1010. The average molecular weight is 527 g/mol. The summed E-state index contributed by atoms with van der Waals surface area (Å²) in [6, 6.07) is 3.10. The zero-order valence-electron chi connectivity index (χ0n) is 20.1. The Balaban J connectivity index is 1.82. The molecule has 2 amide bonds. The molecule has 11 heteroatoms. The highest BCUT2D eigenvalue weighted by Gasteiger charge is 2.33. The number of amides is 2. The molecule has 1 heterocycles. The van der Waals surface area contributed by atoms with Crippen LogP contribution in [0.5, 0.6) is 0 Å². The van der Waals surface area contributed by atoms with Crippen LogP contribution in [0.15, 0.2) is 29.8 Å². The van der Waals surface area contributed by atoms with Gasteiger partial charge in [0.05, 0.1) is 17.0 Å². The Morgan fingerprint density at radius 1 is 1.14 bits per heavy atom. The molecule has 0 atom stereocenters. The molecule has 0 unspecified atom stereocenters. The molecule has 0 aromatic heterocycles. The summed E-state index contributed by atoms with van der Waals surface area (Å²) in [4.78, 5) is 40.4. The monoisotopic (exact) mass is 526 g/mol. The normalized spacial score (nSPS) is 15.3. The van der Waals surface area contributed by atoms with Gasteiger partial charge in [-0.25, -0.2) is 0 Å². The van der Waals surface area contributed by atoms with Crippen LogP contribution in [0.3, 0.4) is 0 Å². The number of carbonyl (C=O) groups is 3. The topological polar surface area (TPSA) is 81.8 Å². The van der Waals surface area contributed by atoms with Crippen molar-refractivity contribution in [2.75, 3.05) is 51.1 Å². The third-order valence-electron chi connectivity index (χ3n) is 5.67. The van der Waals surface area contributed by atoms with Gasteiger partial charge in [-0.3, -0.25) is 24.2 Å². The van der Waals surface area contributed by atoms with E-state index in [1.54, 1.807) is 6.08 Å². The minimum absolute atomic E-state index is 0.0528. The number of piperazine rings is 1. The molecule has 0 saturated carbocycles. The molecule has 1 aromatic rings. The molecule has 0 radical (unpaired) electrons. The lowest BCUT2D eigenvalue weighted by atomic mass is 10.1. The van der Waals surface area contributed by atoms with Crippen LogP contribution in [-0.2, 0) is 20.6 Å². The summed E-state index contributed by atoms with van der Waals surface area (Å²) in [5.74, 6) is 1.50. The van der Waals surface area contributed by atoms with E-state index in [-0.39, 0.29) is 29.4 Å². The van der Waals surface area contributed by atoms with E-state index >= 15 is 0 Å². The molecule has 196 valence electrons. The first kappa shape index (κ1) is 29.4. The van der Waals surface area contributed by atoms with Crippen LogP contribution in [0.4, 0.5) is 18.9 Å². The number of alkyl halides is 3. The summed E-state index contributed by atoms with van der Waals surface area (Å²) < 4.78 is 39.1. The van der Waals surface area contributed by atoms with E-state index in [0.29, 0.717) is 25.9 Å². The predicted molar refractivity (Wildman–Crippen MR) is 132 cm³/mol. The van der Waals surface area contributed by atoms with E-state index in [2.05, 4.69) is 26.4 Å². The highest BCUT2D eigenvalue weighted by molar-refractivity contribution is 6.31. The number of Topliss-reactive ketones (excluding diaryl/α,β-unsaturated/α-hetero) is 1. The molecule has 7 nitrogen and oxygen atoms in total. The number of benzene rings is 1. The number of nitrogens with zero attached hydrogens (tertiary/aromatic N) is 2. The fourth-order valence-electron chi connectivity index (χ4n) is 3.60. The van der Waals surface area contributed by atoms with Crippen LogP contribution in [0.25, 0.3) is 0 Å². The molecule has 1 saturated heterocycles. The minimum atomic E-state index is -4.65. The van der Waals surface area contributed by atoms with Gasteiger partial charge < -0.3 is 10.6 Å². The first-order valence-electron chi connectivity index (χ1n) is 11.5. The van der Waals surface area contributed by atoms with Crippen LogP contribution in [0, 0.1) is 12.3 Å². The van der Waals surface area contributed by atoms with E-state index in [1.165, 1.54) is 13.0 Å². The number of hydrogen-bond donors (Lipinski definition) is 2. The molecular formula is C25H30ClF3N4O3. The lowest BCUT2D eigenvalue weighted by molar-refractivity contribution is -0.137. The molecular weight excluding hydrogens is 497 g/mol. The maximum atomic E-state index is 13.0. The number of terminal acetylenes is 1. The third kappa shape index (κ3) is 10.0. The van der Waals surface area contributed by atoms with Crippen LogP contribution >= 0.6 is 11.6 Å². The molecule has 0 bridgehead atoms. The number of ketones is 1. The van der Waals surface area contributed by atoms with Crippen molar-refractivity contribution in [3.63, 3.8) is 0 Å². The second-order valence-electron chi connectivity index (χ2n) is 8.40. The van der Waals surface area contributed by atoms with Crippen LogP contribution in [-0.4, -0.2) is 73.2 Å². The largest absolute Gasteiger partial charge is 0.417 e. The summed E-state index contributed by atoms with van der Waals surface area (Å²) in [5, 5.41) is 4.78. The number of hydrogen-bond acceptors (Lipinski definition) is 5. The zero-order chi connectivity index (χ0) is 26.7. The maximum absolute atomic E-state index is 13.0. The Kier molecular flexibility index (Phi) is 11.4. The lowest BCUT2D eigenvalue weighted by Crippen LogP contribution is -2.48. The van der Waals surface area contributed by atoms with E-state index in [4.69, 9.17) is 18.0 Å². The zero-order valence-corrected chi connectivity index (χ0v) is 20.8. The molecule has 2 N–H and O–H groups in total. The van der Waals surface area contributed by atoms with Crippen molar-refractivity contribution in [2.45, 2.75) is 32.4 Å². The predicted octanol–water partition coefficient (Wildman–Crippen LogP) is 3.35. The number of nitrogens with one attached hydrogen (secondary N) is 2. The Hall–Kier alpha value is -2.87. The fourth-order valence-corrected chi connectivity index (χ4v) is 3.83. The van der Waals surface area contributed by atoms with E-state index in [9.17, 15) is 27.6 Å². The van der Waals surface area contributed by atoms with Crippen molar-refractivity contribution < 1.29 is 27.6 Å². The molecule has 0 aliphatic carbocycles. The SMILES string of the molecule is C#CCCC(=O)NCCN1CCN(C/C=C(\CC(=O)Nc2ccc(Cl)c(C(F)(F)F)c2)C(C)=O)CC1. The van der Waals surface area contributed by atoms with Gasteiger partial charge in [0.25, 0.3) is 0 Å². The average Bonchev–Trinajstić information content (AvgIpc) is 2.81. The van der Waals surface area contributed by atoms with Crippen LogP contribution in [0.2, 0.25) is 5.02 Å². The van der Waals surface area contributed by atoms with Gasteiger partial charge in [-0.1, -0.05) is 17.7 Å². The quantitative estimate of drug-likeness (QED) is 0.341. The first-order chi connectivity index (χ1) is 17.0. The van der Waals surface area contributed by atoms with Gasteiger partial charge in [0.2, 0.25) is 11.8 Å². The van der Waals surface area contributed by atoms with Crippen molar-refractivity contribution in [1.29, 1.82) is 0 Å². The van der Waals surface area contributed by atoms with Gasteiger partial charge >= 0.3 is 6.18 Å². The van der Waals surface area contributed by atoms with E-state index in [0.717, 1.165) is 44.9 Å². The first-order valence-corrected chi connectivity index (χ1v) is 11.9. The van der Waals surface area contributed by atoms with Crippen molar-refractivity contribution in [3.05, 3.63) is 40.4 Å². The Labute approximate surface area is 214 Å². The van der Waals surface area contributed by atoms with Crippen LogP contribution in [0.1, 0.15) is 31.7 Å². The Morgan fingerprint density at radius 2 is 1.81 bits per heavy atom. The molecule has 1 aromatic carbocycles. The summed E-state index contributed by atoms with van der Waals surface area (Å²) in [5.41, 5.74) is -0.813. The van der Waals surface area contributed by atoms with Gasteiger partial charge in [-0.15, -0.1) is 12.3 Å². The van der Waals surface area contributed by atoms with E-state index in [1.807, 2.05) is 0 Å². The van der Waals surface area contributed by atoms with Crippen molar-refractivity contribution in [3.8, 4) is 12.3 Å². The summed E-state index contributed by atoms with van der Waals surface area (Å²) in [6.07, 6.45) is 2.67. The number of carbonyl (C=O) groups excluding carboxylic acids is 3. The van der Waals surface area contributed by atoms with E-state index < -0.39 is 22.7 Å². The van der Waals surface area contributed by atoms with Gasteiger partial charge in [-0.2, -0.15) is 13.2 Å². The molecule has 1 aliphatic heterocycles. The standard InChI is InChI=1S/C25H30ClF3N4O3/c1-3-4-5-23(35)30-9-11-33-14-12-32(13-15-33)10-8-19(18(2)34)16-24(36)31-20-6-7-22(26)21(17-20)25(27,28)29/h1,6-8,17H,4-5,9-16H2,2H3,(H,30,35)(H,31,36)/b19-8+. The second kappa shape index (κ2) is 14.0. The van der Waals surface area contributed by atoms with Gasteiger partial charge in [0.1, 0.15) is 0 Å². The summed E-state index contributed by atoms with van der Waals surface area (Å²) in [6.45, 7) is 6.19. The Morgan fingerprint density at radius 3 is 2.42 bits per heavy atom. The maximum Gasteiger partial charge on any atom is 0.417 e. The van der Waals surface area contributed by atoms with Gasteiger partial charge in [-0.05, 0) is 25.1 Å². The highest BCUT2D eigenvalue weighted by atomic mass is 35.5. The van der Waals surface area contributed by atoms with Crippen LogP contribution < -0.4 is 10.6 Å². The van der Waals surface area contributed by atoms with Crippen molar-refractivity contribution >= 4 is 34.9 Å². The van der Waals surface area contributed by atoms with Gasteiger partial charge in [0, 0.05) is 69.9 Å². The second-order valence-corrected chi connectivity index (χ2v) is 8.81. The minimum Gasteiger partial charge on any atom is -0.355 e. The molecule has 1 aliphatic rings. The van der Waals surface area contributed by atoms with Gasteiger partial charge in [0.15, 0.2) is 5.78 Å². The number of anilines is 1. The number of rotatable bonds is 11. The smallest absolute Gasteiger partial charge is 0.355 e.